The predicted molar refractivity (Wildman–Crippen MR) is 110 cm³/mol. The Labute approximate surface area is 183 Å². The van der Waals surface area contributed by atoms with Gasteiger partial charge in [-0.2, -0.15) is 0 Å². The van der Waals surface area contributed by atoms with E-state index in [1.165, 1.54) is 25.3 Å². The fourth-order valence-electron chi connectivity index (χ4n) is 2.81. The summed E-state index contributed by atoms with van der Waals surface area (Å²) in [7, 11) is 1.22. The molecule has 32 heavy (non-hydrogen) atoms. The maximum Gasteiger partial charge on any atom is 0.373 e. The van der Waals surface area contributed by atoms with Gasteiger partial charge in [0.15, 0.2) is 6.61 Å². The van der Waals surface area contributed by atoms with Gasteiger partial charge in [0, 0.05) is 0 Å². The molecule has 168 valence electrons. The van der Waals surface area contributed by atoms with Crippen molar-refractivity contribution in [2.45, 2.75) is 26.5 Å². The number of amides is 3. The lowest BCUT2D eigenvalue weighted by atomic mass is 10.2. The Bertz CT molecular complexity index is 1050. The van der Waals surface area contributed by atoms with E-state index in [2.05, 4.69) is 10.1 Å². The molecule has 1 N–H and O–H groups in total. The van der Waals surface area contributed by atoms with Crippen molar-refractivity contribution in [3.8, 4) is 5.75 Å². The molecule has 0 atom stereocenters. The van der Waals surface area contributed by atoms with Gasteiger partial charge in [-0.25, -0.2) is 14.4 Å². The Morgan fingerprint density at radius 1 is 1.12 bits per heavy atom. The number of carbonyl (C=O) groups is 4. The molecule has 0 unspecified atom stereocenters. The summed E-state index contributed by atoms with van der Waals surface area (Å²) in [6, 6.07) is 8.89. The van der Waals surface area contributed by atoms with E-state index in [0.29, 0.717) is 11.3 Å². The number of methoxy groups -OCH3 is 1. The number of imide groups is 1. The monoisotopic (exact) mass is 442 g/mol. The molecule has 0 aliphatic carbocycles. The zero-order chi connectivity index (χ0) is 23.3. The highest BCUT2D eigenvalue weighted by atomic mass is 16.6. The summed E-state index contributed by atoms with van der Waals surface area (Å²) in [6.45, 7) is 3.14. The SMILES string of the molecule is COC(=O)c1ccc(CN2C(=O)NC(=Cc3ccc(OCC(=O)OC(C)C)cc3)C2=O)o1. The first kappa shape index (κ1) is 22.6. The van der Waals surface area contributed by atoms with Gasteiger partial charge in [-0.3, -0.25) is 9.69 Å². The van der Waals surface area contributed by atoms with Crippen LogP contribution >= 0.6 is 0 Å². The molecule has 1 fully saturated rings. The van der Waals surface area contributed by atoms with Crippen LogP contribution in [0.25, 0.3) is 6.08 Å². The van der Waals surface area contributed by atoms with Crippen LogP contribution < -0.4 is 10.1 Å². The Morgan fingerprint density at radius 3 is 2.50 bits per heavy atom. The summed E-state index contributed by atoms with van der Waals surface area (Å²) in [6.07, 6.45) is 1.29. The molecule has 0 spiro atoms. The van der Waals surface area contributed by atoms with Crippen molar-refractivity contribution in [1.29, 1.82) is 0 Å². The van der Waals surface area contributed by atoms with E-state index < -0.39 is 23.9 Å². The van der Waals surface area contributed by atoms with Gasteiger partial charge in [0.1, 0.15) is 17.2 Å². The Kier molecular flexibility index (Phi) is 6.93. The topological polar surface area (TPSA) is 124 Å². The molecule has 0 saturated carbocycles. The second-order valence-electron chi connectivity index (χ2n) is 7.03. The molecular formula is C22H22N2O8. The average Bonchev–Trinajstić information content (AvgIpc) is 3.33. The molecular weight excluding hydrogens is 420 g/mol. The van der Waals surface area contributed by atoms with Gasteiger partial charge in [-0.1, -0.05) is 12.1 Å². The molecule has 1 aliphatic heterocycles. The Balaban J connectivity index is 1.62. The molecule has 10 nitrogen and oxygen atoms in total. The summed E-state index contributed by atoms with van der Waals surface area (Å²) in [4.78, 5) is 48.8. The smallest absolute Gasteiger partial charge is 0.373 e. The van der Waals surface area contributed by atoms with Crippen molar-refractivity contribution >= 4 is 30.0 Å². The molecule has 1 aromatic carbocycles. The summed E-state index contributed by atoms with van der Waals surface area (Å²) < 4.78 is 20.2. The minimum atomic E-state index is -0.654. The molecule has 0 radical (unpaired) electrons. The highest BCUT2D eigenvalue weighted by Crippen LogP contribution is 2.20. The Hall–Kier alpha value is -4.08. The van der Waals surface area contributed by atoms with Gasteiger partial charge in [-0.05, 0) is 49.8 Å². The maximum absolute atomic E-state index is 12.6. The predicted octanol–water partition coefficient (Wildman–Crippen LogP) is 2.49. The summed E-state index contributed by atoms with van der Waals surface area (Å²) in [5, 5.41) is 2.51. The van der Waals surface area contributed by atoms with E-state index in [1.54, 1.807) is 38.1 Å². The first-order chi connectivity index (χ1) is 15.3. The quantitative estimate of drug-likeness (QED) is 0.376. The highest BCUT2D eigenvalue weighted by molar-refractivity contribution is 6.13. The molecule has 2 aromatic rings. The number of hydrogen-bond acceptors (Lipinski definition) is 8. The first-order valence-corrected chi connectivity index (χ1v) is 9.70. The van der Waals surface area contributed by atoms with E-state index in [-0.39, 0.29) is 36.5 Å². The van der Waals surface area contributed by atoms with Crippen molar-refractivity contribution < 1.29 is 37.8 Å². The third kappa shape index (κ3) is 5.54. The van der Waals surface area contributed by atoms with E-state index in [4.69, 9.17) is 13.9 Å². The normalized spacial score (nSPS) is 14.6. The molecule has 0 bridgehead atoms. The van der Waals surface area contributed by atoms with Crippen LogP contribution in [0, 0.1) is 0 Å². The van der Waals surface area contributed by atoms with Crippen molar-refractivity contribution in [1.82, 2.24) is 10.2 Å². The molecule has 1 saturated heterocycles. The lowest BCUT2D eigenvalue weighted by molar-refractivity contribution is -0.149. The van der Waals surface area contributed by atoms with Crippen LogP contribution in [-0.4, -0.2) is 48.6 Å². The number of benzene rings is 1. The fourth-order valence-corrected chi connectivity index (χ4v) is 2.81. The van der Waals surface area contributed by atoms with Crippen molar-refractivity contribution in [2.75, 3.05) is 13.7 Å². The number of esters is 2. The van der Waals surface area contributed by atoms with Gasteiger partial charge >= 0.3 is 18.0 Å². The second kappa shape index (κ2) is 9.82. The molecule has 1 aromatic heterocycles. The zero-order valence-corrected chi connectivity index (χ0v) is 17.7. The zero-order valence-electron chi connectivity index (χ0n) is 17.7. The number of furan rings is 1. The van der Waals surface area contributed by atoms with Crippen molar-refractivity contribution in [3.05, 3.63) is 59.2 Å². The lowest BCUT2D eigenvalue weighted by Gasteiger charge is -2.09. The van der Waals surface area contributed by atoms with Crippen molar-refractivity contribution in [3.63, 3.8) is 0 Å². The van der Waals surface area contributed by atoms with Crippen LogP contribution in [0.3, 0.4) is 0 Å². The van der Waals surface area contributed by atoms with Gasteiger partial charge < -0.3 is 23.9 Å². The molecule has 1 aliphatic rings. The number of rotatable bonds is 8. The number of ether oxygens (including phenoxy) is 3. The van der Waals surface area contributed by atoms with Crippen LogP contribution in [0.2, 0.25) is 0 Å². The third-order valence-electron chi connectivity index (χ3n) is 4.24. The van der Waals surface area contributed by atoms with Gasteiger partial charge in [0.2, 0.25) is 5.76 Å². The molecule has 3 rings (SSSR count). The van der Waals surface area contributed by atoms with E-state index in [1.807, 2.05) is 0 Å². The second-order valence-corrected chi connectivity index (χ2v) is 7.03. The van der Waals surface area contributed by atoms with Crippen molar-refractivity contribution in [2.24, 2.45) is 0 Å². The molecule has 2 heterocycles. The Morgan fingerprint density at radius 2 is 1.84 bits per heavy atom. The molecule has 3 amide bonds. The van der Waals surface area contributed by atoms with E-state index in [0.717, 1.165) is 4.90 Å². The number of hydrogen-bond donors (Lipinski definition) is 1. The number of urea groups is 1. The van der Waals surface area contributed by atoms with Crippen LogP contribution in [0.4, 0.5) is 4.79 Å². The molecule has 10 heteroatoms. The number of carbonyl (C=O) groups excluding carboxylic acids is 4. The minimum Gasteiger partial charge on any atom is -0.482 e. The highest BCUT2D eigenvalue weighted by Gasteiger charge is 2.34. The van der Waals surface area contributed by atoms with E-state index in [9.17, 15) is 19.2 Å². The third-order valence-corrected chi connectivity index (χ3v) is 4.24. The summed E-state index contributed by atoms with van der Waals surface area (Å²) in [5.41, 5.74) is 0.725. The van der Waals surface area contributed by atoms with Crippen LogP contribution in [0.1, 0.15) is 35.7 Å². The summed E-state index contributed by atoms with van der Waals surface area (Å²) in [5.74, 6) is -0.977. The lowest BCUT2D eigenvalue weighted by Crippen LogP contribution is -2.30. The van der Waals surface area contributed by atoms with Gasteiger partial charge in [0.25, 0.3) is 5.91 Å². The number of nitrogens with one attached hydrogen (secondary N) is 1. The minimum absolute atomic E-state index is 0.0231. The summed E-state index contributed by atoms with van der Waals surface area (Å²) >= 11 is 0. The van der Waals surface area contributed by atoms with Crippen LogP contribution in [0.15, 0.2) is 46.5 Å². The van der Waals surface area contributed by atoms with Crippen LogP contribution in [-0.2, 0) is 25.6 Å². The number of nitrogens with zero attached hydrogens (tertiary/aromatic N) is 1. The fraction of sp³-hybridized carbons (Fsp3) is 0.273. The van der Waals surface area contributed by atoms with E-state index >= 15 is 0 Å². The van der Waals surface area contributed by atoms with Crippen LogP contribution in [0.5, 0.6) is 5.75 Å². The van der Waals surface area contributed by atoms with Gasteiger partial charge in [-0.15, -0.1) is 0 Å². The van der Waals surface area contributed by atoms with Gasteiger partial charge in [0.05, 0.1) is 19.8 Å². The first-order valence-electron chi connectivity index (χ1n) is 9.70. The standard InChI is InChI=1S/C22H22N2O8/c1-13(2)31-19(25)12-30-15-6-4-14(5-7-15)10-17-20(26)24(22(28)23-17)11-16-8-9-18(32-16)21(27)29-3/h4-10,13H,11-12H2,1-3H3,(H,23,28). The maximum atomic E-state index is 12.6. The average molecular weight is 442 g/mol. The largest absolute Gasteiger partial charge is 0.482 e.